The van der Waals surface area contributed by atoms with Gasteiger partial charge in [-0.05, 0) is 48.4 Å². The summed E-state index contributed by atoms with van der Waals surface area (Å²) in [5.74, 6) is 0.0788. The normalized spacial score (nSPS) is 11.9. The Morgan fingerprint density at radius 3 is 2.41 bits per heavy atom. The van der Waals surface area contributed by atoms with Crippen LogP contribution in [0.2, 0.25) is 15.1 Å². The molecule has 7 nitrogen and oxygen atoms in total. The van der Waals surface area contributed by atoms with Gasteiger partial charge in [-0.2, -0.15) is 0 Å². The molecule has 3 aromatic rings. The van der Waals surface area contributed by atoms with E-state index in [4.69, 9.17) is 34.8 Å². The molecule has 2 amide bonds. The molecule has 3 rings (SSSR count). The number of halogens is 3. The fraction of sp³-hybridized carbons (Fsp3) is 0.238. The molecule has 0 fully saturated rings. The zero-order chi connectivity index (χ0) is 23.3. The Hall–Kier alpha value is -2.26. The highest BCUT2D eigenvalue weighted by molar-refractivity contribution is 7.99. The Bertz CT molecular complexity index is 1110. The first-order valence-corrected chi connectivity index (χ1v) is 11.7. The number of carbonyl (C=O) groups excluding carboxylic acids is 2. The standard InChI is InChI=1S/C21H20Cl3N5O2S/c1-11(2)18(26-20(31)15-8-5-13(23)9-16(15)24)19-27-21(29-28-19)32-10-17(30)25-14-6-3-12(22)4-7-14/h3-9,11,18H,10H2,1-2H3,(H,25,30)(H,26,31)(H,27,28,29)/t18-/m1/s1. The minimum absolute atomic E-state index is 0.0176. The molecule has 32 heavy (non-hydrogen) atoms. The molecule has 3 N–H and O–H groups in total. The van der Waals surface area contributed by atoms with Crippen molar-refractivity contribution in [1.29, 1.82) is 0 Å². The van der Waals surface area contributed by atoms with Crippen LogP contribution in [0.25, 0.3) is 0 Å². The molecule has 1 aromatic heterocycles. The summed E-state index contributed by atoms with van der Waals surface area (Å²) in [7, 11) is 0. The molecular weight excluding hydrogens is 493 g/mol. The lowest BCUT2D eigenvalue weighted by Crippen LogP contribution is -2.32. The summed E-state index contributed by atoms with van der Waals surface area (Å²) in [6.07, 6.45) is 0. The SMILES string of the molecule is CC(C)[C@@H](NC(=O)c1ccc(Cl)cc1Cl)c1nc(SCC(=O)Nc2ccc(Cl)cc2)n[nH]1. The van der Waals surface area contributed by atoms with E-state index in [0.717, 1.165) is 0 Å². The van der Waals surface area contributed by atoms with Crippen LogP contribution in [0.5, 0.6) is 0 Å². The number of H-pyrrole nitrogens is 1. The fourth-order valence-corrected chi connectivity index (χ4v) is 3.99. The average molecular weight is 513 g/mol. The zero-order valence-corrected chi connectivity index (χ0v) is 20.2. The third-order valence-corrected chi connectivity index (χ3v) is 6.01. The molecule has 0 spiro atoms. The van der Waals surface area contributed by atoms with E-state index in [9.17, 15) is 9.59 Å². The highest BCUT2D eigenvalue weighted by atomic mass is 35.5. The summed E-state index contributed by atoms with van der Waals surface area (Å²) in [6.45, 7) is 3.90. The van der Waals surface area contributed by atoms with Gasteiger partial charge in [-0.3, -0.25) is 14.7 Å². The van der Waals surface area contributed by atoms with Crippen LogP contribution in [0, 0.1) is 5.92 Å². The van der Waals surface area contributed by atoms with Crippen molar-refractivity contribution in [3.63, 3.8) is 0 Å². The van der Waals surface area contributed by atoms with Crippen molar-refractivity contribution < 1.29 is 9.59 Å². The molecule has 0 unspecified atom stereocenters. The maximum absolute atomic E-state index is 12.7. The van der Waals surface area contributed by atoms with Crippen LogP contribution in [0.15, 0.2) is 47.6 Å². The van der Waals surface area contributed by atoms with E-state index in [1.165, 1.54) is 17.8 Å². The summed E-state index contributed by atoms with van der Waals surface area (Å²) < 4.78 is 0. The molecule has 0 radical (unpaired) electrons. The molecule has 0 bridgehead atoms. The molecule has 0 aliphatic carbocycles. The second-order valence-electron chi connectivity index (χ2n) is 7.17. The van der Waals surface area contributed by atoms with Crippen molar-refractivity contribution >= 4 is 64.1 Å². The number of anilines is 1. The lowest BCUT2D eigenvalue weighted by Gasteiger charge is -2.20. The number of hydrogen-bond acceptors (Lipinski definition) is 5. The topological polar surface area (TPSA) is 99.8 Å². The second kappa shape index (κ2) is 11.0. The van der Waals surface area contributed by atoms with Gasteiger partial charge >= 0.3 is 0 Å². The highest BCUT2D eigenvalue weighted by Gasteiger charge is 2.24. The fourth-order valence-electron chi connectivity index (χ4n) is 2.77. The number of benzene rings is 2. The molecule has 0 saturated heterocycles. The van der Waals surface area contributed by atoms with Crippen LogP contribution in [-0.2, 0) is 4.79 Å². The third-order valence-electron chi connectivity index (χ3n) is 4.37. The lowest BCUT2D eigenvalue weighted by atomic mass is 10.0. The third kappa shape index (κ3) is 6.62. The van der Waals surface area contributed by atoms with Crippen LogP contribution in [0.1, 0.15) is 36.1 Å². The number of aromatic amines is 1. The number of carbonyl (C=O) groups is 2. The second-order valence-corrected chi connectivity index (χ2v) is 9.39. The molecule has 2 aromatic carbocycles. The van der Waals surface area contributed by atoms with Gasteiger partial charge in [0.15, 0.2) is 0 Å². The van der Waals surface area contributed by atoms with Gasteiger partial charge in [0, 0.05) is 15.7 Å². The van der Waals surface area contributed by atoms with Gasteiger partial charge in [-0.25, -0.2) is 4.98 Å². The van der Waals surface area contributed by atoms with E-state index >= 15 is 0 Å². The Balaban J connectivity index is 1.61. The zero-order valence-electron chi connectivity index (χ0n) is 17.2. The van der Waals surface area contributed by atoms with Gasteiger partial charge in [-0.15, -0.1) is 5.10 Å². The number of hydrogen-bond donors (Lipinski definition) is 3. The minimum Gasteiger partial charge on any atom is -0.342 e. The van der Waals surface area contributed by atoms with Gasteiger partial charge in [-0.1, -0.05) is 60.4 Å². The van der Waals surface area contributed by atoms with Crippen molar-refractivity contribution in [3.8, 4) is 0 Å². The van der Waals surface area contributed by atoms with Crippen molar-refractivity contribution in [2.24, 2.45) is 5.92 Å². The number of amides is 2. The van der Waals surface area contributed by atoms with Crippen LogP contribution in [-0.4, -0.2) is 32.7 Å². The van der Waals surface area contributed by atoms with E-state index in [-0.39, 0.29) is 28.5 Å². The summed E-state index contributed by atoms with van der Waals surface area (Å²) in [4.78, 5) is 29.3. The Labute approximate surface area is 204 Å². The van der Waals surface area contributed by atoms with Gasteiger partial charge < -0.3 is 10.6 Å². The maximum Gasteiger partial charge on any atom is 0.253 e. The Morgan fingerprint density at radius 1 is 1.06 bits per heavy atom. The molecule has 0 aliphatic rings. The molecule has 0 aliphatic heterocycles. The summed E-state index contributed by atoms with van der Waals surface area (Å²) in [6, 6.07) is 11.1. The molecule has 1 heterocycles. The smallest absolute Gasteiger partial charge is 0.253 e. The Kier molecular flexibility index (Phi) is 8.42. The Morgan fingerprint density at radius 2 is 1.75 bits per heavy atom. The first-order chi connectivity index (χ1) is 15.2. The van der Waals surface area contributed by atoms with Gasteiger partial charge in [0.05, 0.1) is 22.4 Å². The number of rotatable bonds is 8. The van der Waals surface area contributed by atoms with Crippen molar-refractivity contribution in [3.05, 3.63) is 68.9 Å². The van der Waals surface area contributed by atoms with Gasteiger partial charge in [0.2, 0.25) is 11.1 Å². The van der Waals surface area contributed by atoms with Gasteiger partial charge in [0.25, 0.3) is 5.91 Å². The van der Waals surface area contributed by atoms with E-state index in [2.05, 4.69) is 25.8 Å². The number of aromatic nitrogens is 3. The summed E-state index contributed by atoms with van der Waals surface area (Å²) in [5, 5.41) is 14.4. The van der Waals surface area contributed by atoms with Gasteiger partial charge in [0.1, 0.15) is 5.82 Å². The first-order valence-electron chi connectivity index (χ1n) is 9.59. The quantitative estimate of drug-likeness (QED) is 0.340. The van der Waals surface area contributed by atoms with Crippen LogP contribution in [0.4, 0.5) is 5.69 Å². The molecule has 11 heteroatoms. The molecule has 1 atom stereocenters. The van der Waals surface area contributed by atoms with E-state index in [1.54, 1.807) is 36.4 Å². The van der Waals surface area contributed by atoms with Crippen molar-refractivity contribution in [2.75, 3.05) is 11.1 Å². The van der Waals surface area contributed by atoms with E-state index < -0.39 is 6.04 Å². The molecule has 0 saturated carbocycles. The summed E-state index contributed by atoms with van der Waals surface area (Å²) >= 11 is 19.1. The van der Waals surface area contributed by atoms with Crippen LogP contribution < -0.4 is 10.6 Å². The highest BCUT2D eigenvalue weighted by Crippen LogP contribution is 2.25. The monoisotopic (exact) mass is 511 g/mol. The predicted molar refractivity (Wildman–Crippen MR) is 129 cm³/mol. The average Bonchev–Trinajstić information content (AvgIpc) is 3.20. The van der Waals surface area contributed by atoms with Crippen molar-refractivity contribution in [2.45, 2.75) is 25.0 Å². The summed E-state index contributed by atoms with van der Waals surface area (Å²) in [5.41, 5.74) is 0.967. The first kappa shape index (κ1) is 24.4. The minimum atomic E-state index is -0.431. The van der Waals surface area contributed by atoms with E-state index in [0.29, 0.717) is 32.3 Å². The largest absolute Gasteiger partial charge is 0.342 e. The lowest BCUT2D eigenvalue weighted by molar-refractivity contribution is -0.113. The van der Waals surface area contributed by atoms with Crippen molar-refractivity contribution in [1.82, 2.24) is 20.5 Å². The van der Waals surface area contributed by atoms with E-state index in [1.807, 2.05) is 13.8 Å². The maximum atomic E-state index is 12.7. The molecular formula is C21H20Cl3N5O2S. The van der Waals surface area contributed by atoms with Crippen LogP contribution >= 0.6 is 46.6 Å². The number of nitrogens with zero attached hydrogens (tertiary/aromatic N) is 2. The number of thioether (sulfide) groups is 1. The molecule has 168 valence electrons. The predicted octanol–water partition coefficient (Wildman–Crippen LogP) is 5.62. The van der Waals surface area contributed by atoms with Crippen LogP contribution in [0.3, 0.4) is 0 Å². The number of nitrogens with one attached hydrogen (secondary N) is 3.